The number of hydrogen-bond acceptors (Lipinski definition) is 4. The van der Waals surface area contributed by atoms with Crippen molar-refractivity contribution in [3.63, 3.8) is 0 Å². The second kappa shape index (κ2) is 9.37. The fraction of sp³-hybridized carbons (Fsp3) is 0.273. The Balaban J connectivity index is 1.79. The number of rotatable bonds is 7. The minimum absolute atomic E-state index is 0.220. The van der Waals surface area contributed by atoms with Crippen LogP contribution in [0.2, 0.25) is 0 Å². The number of carbonyl (C=O) groups is 1. The molecule has 1 aliphatic heterocycles. The van der Waals surface area contributed by atoms with Crippen molar-refractivity contribution >= 4 is 23.3 Å². The fourth-order valence-electron chi connectivity index (χ4n) is 2.99. The van der Waals surface area contributed by atoms with Crippen LogP contribution in [0.3, 0.4) is 0 Å². The standard InChI is InChI=1S/C22H24N2O3S/c1-3-13-26-18-11-9-17(10-12-18)20-19(15(2)23-22(28)24-20)21(25)27-14-16-7-5-4-6-8-16/h4-12,20H,3,13-14H2,1-2H3,(H2,23,24,28). The maximum absolute atomic E-state index is 12.9. The lowest BCUT2D eigenvalue weighted by Crippen LogP contribution is -2.45. The average molecular weight is 397 g/mol. The molecule has 0 spiro atoms. The van der Waals surface area contributed by atoms with Crippen molar-refractivity contribution in [3.8, 4) is 5.75 Å². The number of ether oxygens (including phenoxy) is 2. The molecule has 2 aromatic rings. The van der Waals surface area contributed by atoms with E-state index >= 15 is 0 Å². The Bertz CT molecular complexity index is 863. The van der Waals surface area contributed by atoms with E-state index in [4.69, 9.17) is 21.7 Å². The van der Waals surface area contributed by atoms with Gasteiger partial charge in [0.15, 0.2) is 5.11 Å². The van der Waals surface area contributed by atoms with Crippen LogP contribution in [0.25, 0.3) is 0 Å². The van der Waals surface area contributed by atoms with E-state index in [1.54, 1.807) is 0 Å². The number of esters is 1. The molecule has 2 aromatic carbocycles. The molecule has 0 aromatic heterocycles. The highest BCUT2D eigenvalue weighted by Crippen LogP contribution is 2.29. The normalized spacial score (nSPS) is 16.2. The molecule has 28 heavy (non-hydrogen) atoms. The minimum Gasteiger partial charge on any atom is -0.494 e. The summed E-state index contributed by atoms with van der Waals surface area (Å²) in [6, 6.07) is 16.9. The smallest absolute Gasteiger partial charge is 0.338 e. The molecule has 0 saturated carbocycles. The van der Waals surface area contributed by atoms with Crippen molar-refractivity contribution in [2.75, 3.05) is 6.61 Å². The zero-order chi connectivity index (χ0) is 19.9. The molecule has 3 rings (SSSR count). The summed E-state index contributed by atoms with van der Waals surface area (Å²) in [6.45, 7) is 4.79. The topological polar surface area (TPSA) is 59.6 Å². The molecule has 0 bridgehead atoms. The molecule has 1 unspecified atom stereocenters. The Kier molecular flexibility index (Phi) is 6.66. The van der Waals surface area contributed by atoms with Gasteiger partial charge in [-0.15, -0.1) is 0 Å². The monoisotopic (exact) mass is 396 g/mol. The lowest BCUT2D eigenvalue weighted by molar-refractivity contribution is -0.140. The van der Waals surface area contributed by atoms with Crippen LogP contribution in [0, 0.1) is 0 Å². The zero-order valence-corrected chi connectivity index (χ0v) is 16.8. The van der Waals surface area contributed by atoms with Gasteiger partial charge in [-0.2, -0.15) is 0 Å². The first kappa shape index (κ1) is 19.9. The van der Waals surface area contributed by atoms with Gasteiger partial charge in [0, 0.05) is 5.70 Å². The number of thiocarbonyl (C=S) groups is 1. The Labute approximate surface area is 170 Å². The molecule has 1 atom stereocenters. The van der Waals surface area contributed by atoms with Gasteiger partial charge in [0.2, 0.25) is 0 Å². The van der Waals surface area contributed by atoms with Crippen molar-refractivity contribution in [3.05, 3.63) is 77.0 Å². The van der Waals surface area contributed by atoms with Crippen LogP contribution >= 0.6 is 12.2 Å². The number of hydrogen-bond donors (Lipinski definition) is 2. The van der Waals surface area contributed by atoms with Gasteiger partial charge in [0.05, 0.1) is 18.2 Å². The lowest BCUT2D eigenvalue weighted by atomic mass is 9.95. The Morgan fingerprint density at radius 3 is 2.50 bits per heavy atom. The van der Waals surface area contributed by atoms with Crippen LogP contribution in [0.4, 0.5) is 0 Å². The summed E-state index contributed by atoms with van der Waals surface area (Å²) in [6.07, 6.45) is 0.950. The predicted molar refractivity (Wildman–Crippen MR) is 113 cm³/mol. The molecule has 1 aliphatic rings. The highest BCUT2D eigenvalue weighted by molar-refractivity contribution is 7.80. The summed E-state index contributed by atoms with van der Waals surface area (Å²) in [7, 11) is 0. The molecule has 6 heteroatoms. The van der Waals surface area contributed by atoms with Crippen LogP contribution in [-0.4, -0.2) is 17.7 Å². The van der Waals surface area contributed by atoms with Crippen LogP contribution in [0.1, 0.15) is 37.4 Å². The third-order valence-corrected chi connectivity index (χ3v) is 4.61. The fourth-order valence-corrected chi connectivity index (χ4v) is 3.26. The summed E-state index contributed by atoms with van der Waals surface area (Å²) in [5, 5.41) is 6.68. The van der Waals surface area contributed by atoms with E-state index in [1.807, 2.05) is 61.5 Å². The molecular weight excluding hydrogens is 372 g/mol. The quantitative estimate of drug-likeness (QED) is 0.545. The maximum atomic E-state index is 12.9. The van der Waals surface area contributed by atoms with Crippen LogP contribution < -0.4 is 15.4 Å². The first-order valence-electron chi connectivity index (χ1n) is 9.30. The third kappa shape index (κ3) is 4.89. The van der Waals surface area contributed by atoms with Crippen LogP contribution in [0.15, 0.2) is 65.9 Å². The summed E-state index contributed by atoms with van der Waals surface area (Å²) in [5.41, 5.74) is 3.07. The number of benzene rings is 2. The van der Waals surface area contributed by atoms with Crippen LogP contribution in [0.5, 0.6) is 5.75 Å². The van der Waals surface area contributed by atoms with E-state index in [-0.39, 0.29) is 18.6 Å². The lowest BCUT2D eigenvalue weighted by Gasteiger charge is -2.30. The third-order valence-electron chi connectivity index (χ3n) is 4.39. The van der Waals surface area contributed by atoms with Crippen molar-refractivity contribution in [2.24, 2.45) is 0 Å². The molecule has 0 saturated heterocycles. The van der Waals surface area contributed by atoms with E-state index < -0.39 is 0 Å². The molecule has 146 valence electrons. The van der Waals surface area contributed by atoms with E-state index in [2.05, 4.69) is 17.6 Å². The Hall–Kier alpha value is -2.86. The first-order chi connectivity index (χ1) is 13.6. The molecule has 0 radical (unpaired) electrons. The van der Waals surface area contributed by atoms with Crippen molar-refractivity contribution in [1.29, 1.82) is 0 Å². The molecule has 5 nitrogen and oxygen atoms in total. The second-order valence-corrected chi connectivity index (χ2v) is 6.96. The Morgan fingerprint density at radius 2 is 1.82 bits per heavy atom. The van der Waals surface area contributed by atoms with Gasteiger partial charge in [0.25, 0.3) is 0 Å². The molecule has 0 amide bonds. The maximum Gasteiger partial charge on any atom is 0.338 e. The van der Waals surface area contributed by atoms with Gasteiger partial charge in [-0.3, -0.25) is 0 Å². The van der Waals surface area contributed by atoms with E-state index in [9.17, 15) is 4.79 Å². The largest absolute Gasteiger partial charge is 0.494 e. The van der Waals surface area contributed by atoms with Gasteiger partial charge in [-0.05, 0) is 48.8 Å². The molecular formula is C22H24N2O3S. The summed E-state index contributed by atoms with van der Waals surface area (Å²) in [4.78, 5) is 12.9. The minimum atomic E-state index is -0.378. The van der Waals surface area contributed by atoms with Crippen molar-refractivity contribution in [1.82, 2.24) is 10.6 Å². The summed E-state index contributed by atoms with van der Waals surface area (Å²) >= 11 is 5.29. The zero-order valence-electron chi connectivity index (χ0n) is 16.0. The van der Waals surface area contributed by atoms with E-state index in [1.165, 1.54) is 0 Å². The number of carbonyl (C=O) groups excluding carboxylic acids is 1. The highest BCUT2D eigenvalue weighted by Gasteiger charge is 2.31. The predicted octanol–water partition coefficient (Wildman–Crippen LogP) is 4.01. The van der Waals surface area contributed by atoms with E-state index in [0.717, 1.165) is 23.3 Å². The van der Waals surface area contributed by atoms with Crippen LogP contribution in [-0.2, 0) is 16.1 Å². The van der Waals surface area contributed by atoms with Gasteiger partial charge in [0.1, 0.15) is 12.4 Å². The summed E-state index contributed by atoms with van der Waals surface area (Å²) < 4.78 is 11.2. The van der Waals surface area contributed by atoms with Crippen molar-refractivity contribution in [2.45, 2.75) is 32.9 Å². The van der Waals surface area contributed by atoms with Gasteiger partial charge in [-0.1, -0.05) is 49.4 Å². The molecule has 0 fully saturated rings. The van der Waals surface area contributed by atoms with Gasteiger partial charge in [-0.25, -0.2) is 4.79 Å². The molecule has 0 aliphatic carbocycles. The summed E-state index contributed by atoms with van der Waals surface area (Å²) in [5.74, 6) is 0.427. The number of nitrogens with one attached hydrogen (secondary N) is 2. The molecule has 1 heterocycles. The van der Waals surface area contributed by atoms with E-state index in [0.29, 0.717) is 23.0 Å². The highest BCUT2D eigenvalue weighted by atomic mass is 32.1. The van der Waals surface area contributed by atoms with Gasteiger partial charge < -0.3 is 20.1 Å². The number of allylic oxidation sites excluding steroid dienone is 1. The first-order valence-corrected chi connectivity index (χ1v) is 9.71. The van der Waals surface area contributed by atoms with Crippen molar-refractivity contribution < 1.29 is 14.3 Å². The SMILES string of the molecule is CCCOc1ccc(C2NC(=S)NC(C)=C2C(=O)OCc2ccccc2)cc1. The second-order valence-electron chi connectivity index (χ2n) is 6.55. The Morgan fingerprint density at radius 1 is 1.11 bits per heavy atom. The molecule has 2 N–H and O–H groups in total. The average Bonchev–Trinajstić information content (AvgIpc) is 2.71. The van der Waals surface area contributed by atoms with Gasteiger partial charge >= 0.3 is 5.97 Å².